The van der Waals surface area contributed by atoms with Crippen molar-refractivity contribution in [3.05, 3.63) is 0 Å². The Bertz CT molecular complexity index is 457. The Morgan fingerprint density at radius 3 is 1.19 bits per heavy atom. The van der Waals surface area contributed by atoms with Gasteiger partial charge in [-0.3, -0.25) is 0 Å². The Morgan fingerprint density at radius 2 is 0.852 bits per heavy atom. The average Bonchev–Trinajstić information content (AvgIpc) is 3.15. The molecule has 156 valence electrons. The molecule has 0 aromatic rings. The van der Waals surface area contributed by atoms with Gasteiger partial charge in [-0.05, 0) is 103 Å². The summed E-state index contributed by atoms with van der Waals surface area (Å²) in [5.74, 6) is 8.40. The van der Waals surface area contributed by atoms with Crippen molar-refractivity contribution in [3.63, 3.8) is 0 Å². The second-order valence-corrected chi connectivity index (χ2v) is 13.4. The van der Waals surface area contributed by atoms with Gasteiger partial charge in [0.1, 0.15) is 0 Å². The van der Waals surface area contributed by atoms with Gasteiger partial charge >= 0.3 is 0 Å². The first-order valence-electron chi connectivity index (χ1n) is 12.7. The predicted octanol–water partition coefficient (Wildman–Crippen LogP) is 8.35. The largest absolute Gasteiger partial charge is 0.0599 e. The zero-order valence-electron chi connectivity index (χ0n) is 19.4. The first kappa shape index (κ1) is 20.3. The van der Waals surface area contributed by atoms with Gasteiger partial charge in [-0.25, -0.2) is 0 Å². The van der Waals surface area contributed by atoms with Crippen LogP contribution in [0.5, 0.6) is 0 Å². The minimum absolute atomic E-state index is 0.520. The summed E-state index contributed by atoms with van der Waals surface area (Å²) >= 11 is 0. The van der Waals surface area contributed by atoms with Gasteiger partial charge in [0, 0.05) is 0 Å². The summed E-state index contributed by atoms with van der Waals surface area (Å²) in [4.78, 5) is 0. The molecule has 0 aromatic heterocycles. The van der Waals surface area contributed by atoms with Crippen LogP contribution in [-0.2, 0) is 0 Å². The second kappa shape index (κ2) is 7.36. The minimum Gasteiger partial charge on any atom is -0.0599 e. The van der Waals surface area contributed by atoms with Crippen LogP contribution in [0.4, 0.5) is 0 Å². The van der Waals surface area contributed by atoms with Crippen LogP contribution in [0.25, 0.3) is 0 Å². The van der Waals surface area contributed by atoms with Gasteiger partial charge < -0.3 is 0 Å². The van der Waals surface area contributed by atoms with E-state index in [1.807, 2.05) is 0 Å². The fourth-order valence-electron chi connectivity index (χ4n) is 8.82. The van der Waals surface area contributed by atoms with E-state index in [1.54, 1.807) is 44.9 Å². The Balaban J connectivity index is 1.51. The van der Waals surface area contributed by atoms with Crippen LogP contribution in [-0.4, -0.2) is 0 Å². The highest BCUT2D eigenvalue weighted by molar-refractivity contribution is 5.01. The molecule has 4 rings (SSSR count). The maximum Gasteiger partial charge on any atom is -0.0331 e. The Labute approximate surface area is 170 Å². The molecule has 0 heterocycles. The van der Waals surface area contributed by atoms with Gasteiger partial charge in [0.2, 0.25) is 0 Å². The third-order valence-electron chi connectivity index (χ3n) is 9.94. The number of hydrogen-bond donors (Lipinski definition) is 0. The topological polar surface area (TPSA) is 0 Å². The monoisotopic (exact) mass is 372 g/mol. The number of fused-ring (bicyclic) bond motifs is 2. The Hall–Kier alpha value is 0. The molecule has 0 heteroatoms. The van der Waals surface area contributed by atoms with Crippen molar-refractivity contribution in [2.24, 2.45) is 58.2 Å². The van der Waals surface area contributed by atoms with E-state index in [2.05, 4.69) is 41.5 Å². The van der Waals surface area contributed by atoms with Crippen molar-refractivity contribution in [2.75, 3.05) is 0 Å². The van der Waals surface area contributed by atoms with Crippen LogP contribution in [0, 0.1) is 58.2 Å². The quantitative estimate of drug-likeness (QED) is 0.457. The lowest BCUT2D eigenvalue weighted by Crippen LogP contribution is -2.29. The van der Waals surface area contributed by atoms with Crippen molar-refractivity contribution in [3.8, 4) is 0 Å². The van der Waals surface area contributed by atoms with Crippen molar-refractivity contribution < 1.29 is 0 Å². The SMILES string of the molecule is CC(C)(C)C1CC(CC2CC(C(C)(C)C)C3CCCCC23)C2CCCCC21. The molecule has 4 aliphatic carbocycles. The molecule has 8 atom stereocenters. The standard InChI is InChI=1S/C27H48/c1-26(2,3)24-16-18(20-11-7-9-13-22(20)24)15-19-17-25(27(4,5)6)23-14-10-8-12-21(19)23/h18-25H,7-17H2,1-6H3. The molecule has 0 N–H and O–H groups in total. The van der Waals surface area contributed by atoms with Gasteiger partial charge in [-0.15, -0.1) is 0 Å². The third-order valence-corrected chi connectivity index (χ3v) is 9.94. The first-order chi connectivity index (χ1) is 12.7. The van der Waals surface area contributed by atoms with Gasteiger partial charge in [0.05, 0.1) is 0 Å². The van der Waals surface area contributed by atoms with E-state index >= 15 is 0 Å². The average molecular weight is 373 g/mol. The van der Waals surface area contributed by atoms with E-state index in [0.29, 0.717) is 10.8 Å². The van der Waals surface area contributed by atoms with E-state index in [4.69, 9.17) is 0 Å². The normalized spacial score (nSPS) is 45.6. The molecule has 0 saturated heterocycles. The van der Waals surface area contributed by atoms with Crippen LogP contribution >= 0.6 is 0 Å². The Morgan fingerprint density at radius 1 is 0.519 bits per heavy atom. The summed E-state index contributed by atoms with van der Waals surface area (Å²) in [6.45, 7) is 15.2. The van der Waals surface area contributed by atoms with E-state index in [9.17, 15) is 0 Å². The fourth-order valence-corrected chi connectivity index (χ4v) is 8.82. The number of hydrogen-bond acceptors (Lipinski definition) is 0. The zero-order chi connectivity index (χ0) is 19.4. The van der Waals surface area contributed by atoms with Crippen molar-refractivity contribution in [1.82, 2.24) is 0 Å². The predicted molar refractivity (Wildman–Crippen MR) is 118 cm³/mol. The highest BCUT2D eigenvalue weighted by Crippen LogP contribution is 2.60. The second-order valence-electron chi connectivity index (χ2n) is 13.4. The lowest BCUT2D eigenvalue weighted by atomic mass is 9.68. The summed E-state index contributed by atoms with van der Waals surface area (Å²) in [6, 6.07) is 0. The molecule has 4 saturated carbocycles. The summed E-state index contributed by atoms with van der Waals surface area (Å²) in [7, 11) is 0. The van der Waals surface area contributed by atoms with Crippen LogP contribution in [0.3, 0.4) is 0 Å². The van der Waals surface area contributed by atoms with E-state index < -0.39 is 0 Å². The summed E-state index contributed by atoms with van der Waals surface area (Å²) < 4.78 is 0. The molecular formula is C27H48. The minimum atomic E-state index is 0.520. The highest BCUT2D eigenvalue weighted by Gasteiger charge is 2.52. The summed E-state index contributed by atoms with van der Waals surface area (Å²) in [5, 5.41) is 0. The molecule has 0 aromatic carbocycles. The third kappa shape index (κ3) is 3.90. The fraction of sp³-hybridized carbons (Fsp3) is 1.00. The smallest absolute Gasteiger partial charge is 0.0331 e. The van der Waals surface area contributed by atoms with Crippen LogP contribution in [0.2, 0.25) is 0 Å². The van der Waals surface area contributed by atoms with E-state index in [-0.39, 0.29) is 0 Å². The van der Waals surface area contributed by atoms with Crippen LogP contribution < -0.4 is 0 Å². The molecule has 0 spiro atoms. The first-order valence-corrected chi connectivity index (χ1v) is 12.7. The summed E-state index contributed by atoms with van der Waals surface area (Å²) in [5.41, 5.74) is 1.04. The molecule has 4 fully saturated rings. The zero-order valence-corrected chi connectivity index (χ0v) is 19.4. The lowest BCUT2D eigenvalue weighted by Gasteiger charge is -2.37. The Kier molecular flexibility index (Phi) is 5.53. The molecule has 8 unspecified atom stereocenters. The highest BCUT2D eigenvalue weighted by atomic mass is 14.6. The van der Waals surface area contributed by atoms with Crippen LogP contribution in [0.1, 0.15) is 112 Å². The summed E-state index contributed by atoms with van der Waals surface area (Å²) in [6.07, 6.45) is 17.0. The molecule has 0 nitrogen and oxygen atoms in total. The molecule has 0 amide bonds. The maximum atomic E-state index is 2.54. The van der Waals surface area contributed by atoms with E-state index in [0.717, 1.165) is 47.3 Å². The van der Waals surface area contributed by atoms with Crippen molar-refractivity contribution in [1.29, 1.82) is 0 Å². The molecule has 0 aliphatic heterocycles. The molecule has 0 radical (unpaired) electrons. The maximum absolute atomic E-state index is 2.54. The van der Waals surface area contributed by atoms with Crippen molar-refractivity contribution >= 4 is 0 Å². The van der Waals surface area contributed by atoms with Gasteiger partial charge in [-0.2, -0.15) is 0 Å². The molecule has 27 heavy (non-hydrogen) atoms. The molecule has 4 aliphatic rings. The van der Waals surface area contributed by atoms with E-state index in [1.165, 1.54) is 25.7 Å². The van der Waals surface area contributed by atoms with Gasteiger partial charge in [0.15, 0.2) is 0 Å². The van der Waals surface area contributed by atoms with Gasteiger partial charge in [-0.1, -0.05) is 67.2 Å². The van der Waals surface area contributed by atoms with Gasteiger partial charge in [0.25, 0.3) is 0 Å². The number of rotatable bonds is 2. The van der Waals surface area contributed by atoms with Crippen LogP contribution in [0.15, 0.2) is 0 Å². The van der Waals surface area contributed by atoms with Crippen molar-refractivity contribution in [2.45, 2.75) is 112 Å². The lowest BCUT2D eigenvalue weighted by molar-refractivity contribution is 0.121. The molecule has 0 bridgehead atoms. The molecular weight excluding hydrogens is 324 g/mol.